The fraction of sp³-hybridized carbons (Fsp3) is 0.250. The van der Waals surface area contributed by atoms with E-state index >= 15 is 0 Å². The van der Waals surface area contributed by atoms with E-state index in [1.54, 1.807) is 22.5 Å². The molecule has 0 aliphatic rings. The standard InChI is InChI=1S/C4H5.2Sb.H/c1-3-4-2;;;/h1,3H,2H3;;;. The van der Waals surface area contributed by atoms with Gasteiger partial charge < -0.3 is 0 Å². The van der Waals surface area contributed by atoms with Crippen LogP contribution in [0.2, 0.25) is 0 Å². The summed E-state index contributed by atoms with van der Waals surface area (Å²) in [6.07, 6.45) is 2.15. The quantitative estimate of drug-likeness (QED) is 0.586. The van der Waals surface area contributed by atoms with Crippen LogP contribution in [0.1, 0.15) is 6.92 Å². The molecule has 0 aliphatic heterocycles. The molecule has 0 amide bonds. The molecule has 0 saturated carbocycles. The minimum absolute atomic E-state index is 1.46. The monoisotopic (exact) mass is 296 g/mol. The van der Waals surface area contributed by atoms with Crippen LogP contribution in [0.4, 0.5) is 0 Å². The first-order valence-corrected chi connectivity index (χ1v) is 4.53. The van der Waals surface area contributed by atoms with Crippen molar-refractivity contribution in [3.05, 3.63) is 9.60 Å². The molecule has 0 bridgehead atoms. The third-order valence-electron chi connectivity index (χ3n) is 0.325. The Kier molecular flexibility index (Phi) is 5.32. The van der Waals surface area contributed by atoms with Gasteiger partial charge in [-0.05, 0) is 0 Å². The van der Waals surface area contributed by atoms with Crippen molar-refractivity contribution in [2.24, 2.45) is 0 Å². The van der Waals surface area contributed by atoms with E-state index in [1.165, 1.54) is 26.5 Å². The van der Waals surface area contributed by atoms with Gasteiger partial charge in [-0.2, -0.15) is 0 Å². The Morgan fingerprint density at radius 1 is 1.83 bits per heavy atom. The summed E-state index contributed by atoms with van der Waals surface area (Å²) in [6.45, 7) is 2.13. The topological polar surface area (TPSA) is 0 Å². The summed E-state index contributed by atoms with van der Waals surface area (Å²) in [5.74, 6) is 0. The van der Waals surface area contributed by atoms with E-state index in [4.69, 9.17) is 0 Å². The van der Waals surface area contributed by atoms with Crippen molar-refractivity contribution in [3.63, 3.8) is 0 Å². The summed E-state index contributed by atoms with van der Waals surface area (Å²) >= 11 is 3.26. The van der Waals surface area contributed by atoms with Crippen molar-refractivity contribution in [3.8, 4) is 0 Å². The van der Waals surface area contributed by atoms with Crippen LogP contribution in [0, 0.1) is 0 Å². The van der Waals surface area contributed by atoms with Gasteiger partial charge in [0.1, 0.15) is 0 Å². The van der Waals surface area contributed by atoms with Gasteiger partial charge in [0, 0.05) is 0 Å². The van der Waals surface area contributed by atoms with Crippen LogP contribution in [0.3, 0.4) is 0 Å². The maximum atomic E-state index is 2.15. The zero-order valence-corrected chi connectivity index (χ0v) is 9.01. The third-order valence-corrected chi connectivity index (χ3v) is 1.23. The Morgan fingerprint density at radius 2 is 2.33 bits per heavy atom. The molecule has 0 aromatic carbocycles. The minimum atomic E-state index is 1.46. The summed E-state index contributed by atoms with van der Waals surface area (Å²) in [4.78, 5) is 0. The molecule has 0 aromatic heterocycles. The summed E-state index contributed by atoms with van der Waals surface area (Å²) < 4.78 is 3.57. The number of hydrogen-bond acceptors (Lipinski definition) is 0. The van der Waals surface area contributed by atoms with Crippen molar-refractivity contribution >= 4 is 49.5 Å². The van der Waals surface area contributed by atoms with Crippen LogP contribution >= 0.6 is 0 Å². The van der Waals surface area contributed by atoms with Crippen LogP contribution in [-0.4, -0.2) is 49.5 Å². The average Bonchev–Trinajstić information content (AvgIpc) is 1.35. The van der Waals surface area contributed by atoms with Crippen molar-refractivity contribution < 1.29 is 0 Å². The fourth-order valence-electron chi connectivity index (χ4n) is 0.112. The first kappa shape index (κ1) is 7.25. The second-order valence-corrected chi connectivity index (χ2v) is 4.10. The molecular weight excluding hydrogens is 292 g/mol. The zero-order valence-electron chi connectivity index (χ0n) is 3.60. The molecule has 32 valence electrons. The van der Waals surface area contributed by atoms with Crippen molar-refractivity contribution in [1.29, 1.82) is 0 Å². The van der Waals surface area contributed by atoms with E-state index < -0.39 is 0 Å². The van der Waals surface area contributed by atoms with Gasteiger partial charge >= 0.3 is 66.0 Å². The van der Waals surface area contributed by atoms with E-state index in [0.717, 1.165) is 0 Å². The molecule has 0 spiro atoms. The molecule has 0 unspecified atom stereocenters. The molecule has 0 atom stereocenters. The summed E-state index contributed by atoms with van der Waals surface area (Å²) in [7, 11) is 0. The van der Waals surface area contributed by atoms with E-state index in [2.05, 4.69) is 17.0 Å². The Labute approximate surface area is 65.5 Å². The second kappa shape index (κ2) is 4.41. The molecule has 0 N–H and O–H groups in total. The van der Waals surface area contributed by atoms with Gasteiger partial charge in [0.25, 0.3) is 0 Å². The Morgan fingerprint density at radius 3 is 2.33 bits per heavy atom. The first-order valence-electron chi connectivity index (χ1n) is 1.63. The molecule has 0 fully saturated rings. The van der Waals surface area contributed by atoms with Crippen LogP contribution in [0.15, 0.2) is 9.60 Å². The molecule has 2 radical (unpaired) electrons. The van der Waals surface area contributed by atoms with Gasteiger partial charge in [-0.3, -0.25) is 0 Å². The predicted octanol–water partition coefficient (Wildman–Crippen LogP) is -0.238. The Balaban J connectivity index is 3.41. The van der Waals surface area contributed by atoms with Gasteiger partial charge in [0.05, 0.1) is 0 Å². The molecular formula is C4H6Sb2. The van der Waals surface area contributed by atoms with Gasteiger partial charge in [0.2, 0.25) is 0 Å². The summed E-state index contributed by atoms with van der Waals surface area (Å²) in [6, 6.07) is 0. The van der Waals surface area contributed by atoms with E-state index in [1.807, 2.05) is 0 Å². The fourth-order valence-corrected chi connectivity index (χ4v) is 2.18. The number of hydrogen-bond donors (Lipinski definition) is 0. The van der Waals surface area contributed by atoms with Gasteiger partial charge in [-0.15, -0.1) is 0 Å². The molecule has 6 heavy (non-hydrogen) atoms. The first-order chi connectivity index (χ1) is 2.77. The van der Waals surface area contributed by atoms with Crippen molar-refractivity contribution in [2.45, 2.75) is 6.92 Å². The Hall–Kier alpha value is 1.25. The number of rotatable bonds is 1. The molecule has 0 rings (SSSR count). The normalized spacial score (nSPS) is 11.3. The molecule has 2 heteroatoms. The van der Waals surface area contributed by atoms with Gasteiger partial charge in [0.15, 0.2) is 0 Å². The SMILES string of the molecule is C[C]([SbH])=C[CH]=[Sb]. The molecule has 0 aliphatic carbocycles. The van der Waals surface area contributed by atoms with Gasteiger partial charge in [-0.1, -0.05) is 0 Å². The van der Waals surface area contributed by atoms with Crippen molar-refractivity contribution in [1.82, 2.24) is 0 Å². The van der Waals surface area contributed by atoms with Gasteiger partial charge in [-0.25, -0.2) is 0 Å². The maximum absolute atomic E-state index is 2.15. The van der Waals surface area contributed by atoms with Crippen LogP contribution in [0.25, 0.3) is 0 Å². The van der Waals surface area contributed by atoms with E-state index in [-0.39, 0.29) is 0 Å². The zero-order chi connectivity index (χ0) is 4.99. The van der Waals surface area contributed by atoms with Crippen molar-refractivity contribution in [2.75, 3.05) is 0 Å². The molecule has 0 nitrogen and oxygen atoms in total. The van der Waals surface area contributed by atoms with Crippen LogP contribution < -0.4 is 0 Å². The molecule has 0 aromatic rings. The Bertz CT molecular complexity index is 69.6. The predicted molar refractivity (Wildman–Crippen MR) is 32.7 cm³/mol. The molecule has 0 saturated heterocycles. The number of allylic oxidation sites excluding steroid dienone is 2. The van der Waals surface area contributed by atoms with E-state index in [9.17, 15) is 0 Å². The van der Waals surface area contributed by atoms with Crippen LogP contribution in [0.5, 0.6) is 0 Å². The van der Waals surface area contributed by atoms with Crippen LogP contribution in [-0.2, 0) is 0 Å². The average molecular weight is 298 g/mol. The van der Waals surface area contributed by atoms with E-state index in [0.29, 0.717) is 0 Å². The molecule has 0 heterocycles. The summed E-state index contributed by atoms with van der Waals surface area (Å²) in [5.41, 5.74) is 0. The third kappa shape index (κ3) is 5.25. The summed E-state index contributed by atoms with van der Waals surface area (Å²) in [5, 5.41) is 0. The second-order valence-electron chi connectivity index (χ2n) is 0.999.